The van der Waals surface area contributed by atoms with Crippen molar-refractivity contribution < 1.29 is 4.79 Å². The fraction of sp³-hybridized carbons (Fsp3) is 0.409. The number of unbranched alkanes of at least 4 members (excludes halogenated alkanes) is 5. The van der Waals surface area contributed by atoms with Gasteiger partial charge in [-0.1, -0.05) is 57.2 Å². The van der Waals surface area contributed by atoms with Crippen LogP contribution in [0.15, 0.2) is 36.9 Å². The van der Waals surface area contributed by atoms with E-state index in [1.165, 1.54) is 25.7 Å². The highest BCUT2D eigenvalue weighted by molar-refractivity contribution is 6.10. The zero-order valence-electron chi connectivity index (χ0n) is 16.6. The summed E-state index contributed by atoms with van der Waals surface area (Å²) >= 11 is 0. The molecule has 2 aromatic heterocycles. The van der Waals surface area contributed by atoms with Gasteiger partial charge in [0.2, 0.25) is 0 Å². The standard InChI is InChI=1S/C22H29N5O/c1-3-5-6-7-8-11-14-24-22(28)18-19-21(27(15-4-2)20(18)23)26-17-13-10-9-12-16(17)25-19/h4,9-10,12-13H,2-3,5-8,11,14-15,23H2,1H3,(H,24,28). The molecule has 1 amide bonds. The normalized spacial score (nSPS) is 11.2. The molecule has 3 N–H and O–H groups in total. The van der Waals surface area contributed by atoms with Gasteiger partial charge < -0.3 is 15.6 Å². The first-order valence-corrected chi connectivity index (χ1v) is 10.1. The number of para-hydroxylation sites is 2. The maximum Gasteiger partial charge on any atom is 0.257 e. The smallest absolute Gasteiger partial charge is 0.257 e. The SMILES string of the molecule is C=CCn1c(N)c(C(=O)NCCCCCCCC)c2nc3ccccc3nc21. The molecule has 6 nitrogen and oxygen atoms in total. The van der Waals surface area contributed by atoms with E-state index in [4.69, 9.17) is 10.7 Å². The predicted octanol–water partition coefficient (Wildman–Crippen LogP) is 4.44. The van der Waals surface area contributed by atoms with Crippen molar-refractivity contribution in [2.24, 2.45) is 0 Å². The van der Waals surface area contributed by atoms with Crippen LogP contribution in [0.25, 0.3) is 22.2 Å². The van der Waals surface area contributed by atoms with Crippen molar-refractivity contribution in [2.45, 2.75) is 52.0 Å². The Morgan fingerprint density at radius 1 is 1.14 bits per heavy atom. The maximum atomic E-state index is 12.9. The number of nitrogens with zero attached hydrogens (tertiary/aromatic N) is 3. The lowest BCUT2D eigenvalue weighted by Gasteiger charge is -2.06. The first-order chi connectivity index (χ1) is 13.7. The number of nitrogens with two attached hydrogens (primary N) is 1. The van der Waals surface area contributed by atoms with Gasteiger partial charge in [0.1, 0.15) is 16.9 Å². The van der Waals surface area contributed by atoms with Crippen molar-refractivity contribution in [3.8, 4) is 0 Å². The number of allylic oxidation sites excluding steroid dienone is 1. The number of rotatable bonds is 10. The summed E-state index contributed by atoms with van der Waals surface area (Å²) in [7, 11) is 0. The molecule has 28 heavy (non-hydrogen) atoms. The molecule has 3 rings (SSSR count). The van der Waals surface area contributed by atoms with E-state index in [0.717, 1.165) is 23.9 Å². The Hall–Kier alpha value is -2.89. The number of carbonyl (C=O) groups excluding carboxylic acids is 1. The minimum Gasteiger partial charge on any atom is -0.384 e. The molecule has 2 heterocycles. The summed E-state index contributed by atoms with van der Waals surface area (Å²) in [6.07, 6.45) is 8.81. The molecule has 0 unspecified atom stereocenters. The van der Waals surface area contributed by atoms with E-state index in [9.17, 15) is 4.79 Å². The maximum absolute atomic E-state index is 12.9. The fourth-order valence-corrected chi connectivity index (χ4v) is 3.45. The number of anilines is 1. The van der Waals surface area contributed by atoms with Gasteiger partial charge in [0.25, 0.3) is 5.91 Å². The molecular weight excluding hydrogens is 350 g/mol. The van der Waals surface area contributed by atoms with Crippen molar-refractivity contribution >= 4 is 33.9 Å². The molecule has 0 atom stereocenters. The van der Waals surface area contributed by atoms with E-state index in [-0.39, 0.29) is 5.91 Å². The summed E-state index contributed by atoms with van der Waals surface area (Å²) in [4.78, 5) is 22.2. The molecule has 0 saturated carbocycles. The van der Waals surface area contributed by atoms with Gasteiger partial charge in [-0.25, -0.2) is 9.97 Å². The Balaban J connectivity index is 1.83. The van der Waals surface area contributed by atoms with Crippen molar-refractivity contribution in [1.29, 1.82) is 0 Å². The Morgan fingerprint density at radius 3 is 2.54 bits per heavy atom. The third-order valence-corrected chi connectivity index (χ3v) is 4.95. The van der Waals surface area contributed by atoms with E-state index in [0.29, 0.717) is 35.6 Å². The van der Waals surface area contributed by atoms with E-state index >= 15 is 0 Å². The van der Waals surface area contributed by atoms with E-state index < -0.39 is 0 Å². The topological polar surface area (TPSA) is 85.8 Å². The molecule has 1 aromatic carbocycles. The van der Waals surface area contributed by atoms with Gasteiger partial charge >= 0.3 is 0 Å². The van der Waals surface area contributed by atoms with Crippen LogP contribution in [0.2, 0.25) is 0 Å². The van der Waals surface area contributed by atoms with Gasteiger partial charge in [0.05, 0.1) is 11.0 Å². The van der Waals surface area contributed by atoms with E-state index in [1.54, 1.807) is 10.6 Å². The van der Waals surface area contributed by atoms with Crippen molar-refractivity contribution in [2.75, 3.05) is 12.3 Å². The van der Waals surface area contributed by atoms with Gasteiger partial charge in [-0.15, -0.1) is 6.58 Å². The van der Waals surface area contributed by atoms with Crippen LogP contribution in [0, 0.1) is 0 Å². The minimum atomic E-state index is -0.191. The van der Waals surface area contributed by atoms with Crippen LogP contribution in [0.5, 0.6) is 0 Å². The van der Waals surface area contributed by atoms with Crippen LogP contribution >= 0.6 is 0 Å². The largest absolute Gasteiger partial charge is 0.384 e. The Bertz CT molecular complexity index is 976. The zero-order valence-corrected chi connectivity index (χ0v) is 16.6. The lowest BCUT2D eigenvalue weighted by molar-refractivity contribution is 0.0955. The van der Waals surface area contributed by atoms with Gasteiger partial charge in [0.15, 0.2) is 5.65 Å². The lowest BCUT2D eigenvalue weighted by Crippen LogP contribution is -2.25. The second-order valence-corrected chi connectivity index (χ2v) is 7.07. The summed E-state index contributed by atoms with van der Waals surface area (Å²) < 4.78 is 1.79. The number of aromatic nitrogens is 3. The highest BCUT2D eigenvalue weighted by Crippen LogP contribution is 2.27. The van der Waals surface area contributed by atoms with Crippen LogP contribution in [0.4, 0.5) is 5.82 Å². The van der Waals surface area contributed by atoms with Crippen LogP contribution < -0.4 is 11.1 Å². The lowest BCUT2D eigenvalue weighted by atomic mass is 10.1. The quantitative estimate of drug-likeness (QED) is 0.403. The van der Waals surface area contributed by atoms with Crippen molar-refractivity contribution in [1.82, 2.24) is 19.9 Å². The Morgan fingerprint density at radius 2 is 1.82 bits per heavy atom. The van der Waals surface area contributed by atoms with Gasteiger partial charge in [-0.2, -0.15) is 0 Å². The summed E-state index contributed by atoms with van der Waals surface area (Å²) in [6.45, 7) is 7.11. The summed E-state index contributed by atoms with van der Waals surface area (Å²) in [6, 6.07) is 7.62. The summed E-state index contributed by atoms with van der Waals surface area (Å²) in [5.74, 6) is 0.189. The summed E-state index contributed by atoms with van der Waals surface area (Å²) in [5, 5.41) is 3.00. The molecule has 0 aliphatic heterocycles. The number of fused-ring (bicyclic) bond motifs is 2. The second kappa shape index (κ2) is 9.35. The average Bonchev–Trinajstić information content (AvgIpc) is 2.96. The second-order valence-electron chi connectivity index (χ2n) is 7.07. The number of amides is 1. The van der Waals surface area contributed by atoms with Gasteiger partial charge in [0, 0.05) is 13.1 Å². The zero-order chi connectivity index (χ0) is 19.9. The number of nitrogen functional groups attached to an aromatic ring is 1. The highest BCUT2D eigenvalue weighted by Gasteiger charge is 2.23. The molecular formula is C22H29N5O. The molecule has 0 aliphatic rings. The molecule has 0 aliphatic carbocycles. The molecule has 0 bridgehead atoms. The Kier molecular flexibility index (Phi) is 6.63. The molecule has 3 aromatic rings. The molecule has 0 spiro atoms. The van der Waals surface area contributed by atoms with Crippen LogP contribution in [-0.2, 0) is 6.54 Å². The molecule has 0 saturated heterocycles. The molecule has 0 fully saturated rings. The molecule has 0 radical (unpaired) electrons. The number of carbonyl (C=O) groups is 1. The van der Waals surface area contributed by atoms with Crippen LogP contribution in [-0.4, -0.2) is 27.0 Å². The van der Waals surface area contributed by atoms with Crippen molar-refractivity contribution in [3.05, 3.63) is 42.5 Å². The third-order valence-electron chi connectivity index (χ3n) is 4.95. The number of benzene rings is 1. The van der Waals surface area contributed by atoms with Crippen molar-refractivity contribution in [3.63, 3.8) is 0 Å². The highest BCUT2D eigenvalue weighted by atomic mass is 16.1. The number of nitrogens with one attached hydrogen (secondary N) is 1. The molecule has 148 valence electrons. The first kappa shape index (κ1) is 19.9. The third kappa shape index (κ3) is 4.16. The summed E-state index contributed by atoms with van der Waals surface area (Å²) in [5.41, 5.74) is 9.40. The van der Waals surface area contributed by atoms with Gasteiger partial charge in [-0.05, 0) is 18.6 Å². The van der Waals surface area contributed by atoms with E-state index in [2.05, 4.69) is 23.8 Å². The monoisotopic (exact) mass is 379 g/mol. The van der Waals surface area contributed by atoms with Crippen LogP contribution in [0.1, 0.15) is 55.8 Å². The minimum absolute atomic E-state index is 0.191. The predicted molar refractivity (Wildman–Crippen MR) is 115 cm³/mol. The Labute approximate surface area is 165 Å². The first-order valence-electron chi connectivity index (χ1n) is 10.1. The van der Waals surface area contributed by atoms with E-state index in [1.807, 2.05) is 24.3 Å². The van der Waals surface area contributed by atoms with Gasteiger partial charge in [-0.3, -0.25) is 4.79 Å². The number of hydrogen-bond donors (Lipinski definition) is 2. The fourth-order valence-electron chi connectivity index (χ4n) is 3.45. The average molecular weight is 380 g/mol. The number of hydrogen-bond acceptors (Lipinski definition) is 4. The van der Waals surface area contributed by atoms with Crippen LogP contribution in [0.3, 0.4) is 0 Å². The molecule has 6 heteroatoms.